The summed E-state index contributed by atoms with van der Waals surface area (Å²) < 4.78 is 17.8. The lowest BCUT2D eigenvalue weighted by Crippen LogP contribution is -2.48. The molecule has 1 fully saturated rings. The Morgan fingerprint density at radius 1 is 1.33 bits per heavy atom. The molecule has 1 saturated heterocycles. The topological polar surface area (TPSA) is 75.7 Å². The van der Waals surface area contributed by atoms with E-state index in [-0.39, 0.29) is 12.3 Å². The molecule has 0 aliphatic carbocycles. The average molecular weight is 293 g/mol. The van der Waals surface area contributed by atoms with E-state index < -0.39 is 23.9 Å². The van der Waals surface area contributed by atoms with Crippen molar-refractivity contribution in [2.75, 3.05) is 6.54 Å². The highest BCUT2D eigenvalue weighted by molar-refractivity contribution is 5.96. The Bertz CT molecular complexity index is 532. The maximum absolute atomic E-state index is 12.8. The Balaban J connectivity index is 2.07. The lowest BCUT2D eigenvalue weighted by atomic mass is 10.1. The fraction of sp³-hybridized carbons (Fsp3) is 0.357. The summed E-state index contributed by atoms with van der Waals surface area (Å²) in [5, 5.41) is 2.28. The second kappa shape index (κ2) is 6.83. The molecule has 1 aliphatic rings. The number of halogens is 1. The van der Waals surface area contributed by atoms with Crippen molar-refractivity contribution in [2.24, 2.45) is 0 Å². The molecule has 3 amide bonds. The van der Waals surface area contributed by atoms with Crippen LogP contribution in [0.25, 0.3) is 0 Å². The van der Waals surface area contributed by atoms with Crippen LogP contribution in [0.15, 0.2) is 24.3 Å². The molecule has 2 rings (SSSR count). The summed E-state index contributed by atoms with van der Waals surface area (Å²) in [4.78, 5) is 35.5. The first-order chi connectivity index (χ1) is 10.1. The second-order valence-electron chi connectivity index (χ2n) is 4.61. The fourth-order valence-corrected chi connectivity index (χ4v) is 2.09. The summed E-state index contributed by atoms with van der Waals surface area (Å²) in [5.74, 6) is -0.834. The summed E-state index contributed by atoms with van der Waals surface area (Å²) in [7, 11) is 0. The van der Waals surface area contributed by atoms with Gasteiger partial charge in [0.25, 0.3) is 5.91 Å². The highest BCUT2D eigenvalue weighted by atomic mass is 19.1. The molecule has 1 aliphatic heterocycles. The number of carbonyl (C=O) groups is 2. The number of benzene rings is 1. The van der Waals surface area contributed by atoms with Gasteiger partial charge in [-0.1, -0.05) is 0 Å². The summed E-state index contributed by atoms with van der Waals surface area (Å²) in [5.41, 5.74) is 0. The van der Waals surface area contributed by atoms with E-state index in [1.807, 2.05) is 0 Å². The summed E-state index contributed by atoms with van der Waals surface area (Å²) in [6.07, 6.45) is 2.41. The number of hydrogen-bond donors (Lipinski definition) is 1. The van der Waals surface area contributed by atoms with Crippen LogP contribution in [0.1, 0.15) is 19.3 Å². The lowest BCUT2D eigenvalue weighted by molar-refractivity contribution is -0.130. The van der Waals surface area contributed by atoms with E-state index in [2.05, 4.69) is 5.32 Å². The Morgan fingerprint density at radius 2 is 2.05 bits per heavy atom. The molecule has 0 spiro atoms. The zero-order valence-electron chi connectivity index (χ0n) is 11.2. The zero-order chi connectivity index (χ0) is 15.2. The molecule has 1 aromatic carbocycles. The van der Waals surface area contributed by atoms with Gasteiger partial charge < -0.3 is 10.1 Å². The van der Waals surface area contributed by atoms with Crippen molar-refractivity contribution in [1.82, 2.24) is 10.2 Å². The average Bonchev–Trinajstić information content (AvgIpc) is 2.65. The number of amides is 3. The van der Waals surface area contributed by atoms with Gasteiger partial charge in [-0.25, -0.2) is 14.1 Å². The molecule has 1 aromatic rings. The first-order valence-corrected chi connectivity index (χ1v) is 6.53. The number of rotatable bonds is 3. The van der Waals surface area contributed by atoms with Crippen molar-refractivity contribution < 1.29 is 23.5 Å². The normalized spacial score (nSPS) is 18.8. The van der Waals surface area contributed by atoms with Crippen LogP contribution in [0, 0.1) is 5.82 Å². The zero-order valence-corrected chi connectivity index (χ0v) is 11.2. The number of imide groups is 1. The molecule has 21 heavy (non-hydrogen) atoms. The van der Waals surface area contributed by atoms with Gasteiger partial charge in [0.05, 0.1) is 0 Å². The first kappa shape index (κ1) is 15.0. The third kappa shape index (κ3) is 3.77. The molecular formula is C14H14FN2O4. The predicted molar refractivity (Wildman–Crippen MR) is 70.6 cm³/mol. The predicted octanol–water partition coefficient (Wildman–Crippen LogP) is 1.36. The van der Waals surface area contributed by atoms with Crippen LogP contribution in [0.3, 0.4) is 0 Å². The second-order valence-corrected chi connectivity index (χ2v) is 4.61. The van der Waals surface area contributed by atoms with E-state index in [0.717, 1.165) is 17.0 Å². The smallest absolute Gasteiger partial charge is 0.410 e. The highest BCUT2D eigenvalue weighted by Gasteiger charge is 2.32. The quantitative estimate of drug-likeness (QED) is 0.854. The number of likely N-dealkylation sites (tertiary alicyclic amines) is 1. The van der Waals surface area contributed by atoms with E-state index >= 15 is 0 Å². The van der Waals surface area contributed by atoms with E-state index in [1.54, 1.807) is 0 Å². The van der Waals surface area contributed by atoms with Gasteiger partial charge >= 0.3 is 12.5 Å². The van der Waals surface area contributed by atoms with Gasteiger partial charge in [-0.2, -0.15) is 0 Å². The molecule has 1 atom stereocenters. The van der Waals surface area contributed by atoms with Gasteiger partial charge in [0.1, 0.15) is 17.6 Å². The minimum atomic E-state index is -0.841. The largest absolute Gasteiger partial charge is 0.422 e. The van der Waals surface area contributed by atoms with E-state index in [4.69, 9.17) is 4.74 Å². The van der Waals surface area contributed by atoms with Crippen molar-refractivity contribution in [1.29, 1.82) is 0 Å². The van der Waals surface area contributed by atoms with Crippen molar-refractivity contribution in [3.8, 4) is 5.75 Å². The minimum absolute atomic E-state index is 0.143. The van der Waals surface area contributed by atoms with Crippen LogP contribution >= 0.6 is 0 Å². The maximum Gasteiger partial charge on any atom is 0.422 e. The number of carbonyl (C=O) groups excluding carboxylic acids is 3. The molecule has 1 radical (unpaired) electrons. The third-order valence-corrected chi connectivity index (χ3v) is 3.16. The molecule has 1 heterocycles. The number of nitrogens with zero attached hydrogens (tertiary/aromatic N) is 1. The van der Waals surface area contributed by atoms with E-state index in [9.17, 15) is 18.8 Å². The minimum Gasteiger partial charge on any atom is -0.410 e. The highest BCUT2D eigenvalue weighted by Crippen LogP contribution is 2.16. The van der Waals surface area contributed by atoms with Crippen LogP contribution in [0.5, 0.6) is 5.75 Å². The first-order valence-electron chi connectivity index (χ1n) is 6.53. The third-order valence-electron chi connectivity index (χ3n) is 3.16. The Kier molecular flexibility index (Phi) is 4.86. The Morgan fingerprint density at radius 3 is 2.71 bits per heavy atom. The van der Waals surface area contributed by atoms with Crippen molar-refractivity contribution in [3.05, 3.63) is 30.1 Å². The molecule has 0 aromatic heterocycles. The lowest BCUT2D eigenvalue weighted by Gasteiger charge is -2.21. The molecule has 1 N–H and O–H groups in total. The summed E-state index contributed by atoms with van der Waals surface area (Å²) >= 11 is 0. The molecular weight excluding hydrogens is 279 g/mol. The molecule has 0 saturated carbocycles. The molecule has 111 valence electrons. The van der Waals surface area contributed by atoms with Crippen LogP contribution in [-0.2, 0) is 9.59 Å². The summed E-state index contributed by atoms with van der Waals surface area (Å²) in [6.45, 7) is 0.218. The monoisotopic (exact) mass is 293 g/mol. The fourth-order valence-electron chi connectivity index (χ4n) is 2.09. The van der Waals surface area contributed by atoms with Gasteiger partial charge in [0, 0.05) is 6.54 Å². The van der Waals surface area contributed by atoms with Gasteiger partial charge in [-0.05, 0) is 43.5 Å². The van der Waals surface area contributed by atoms with Gasteiger partial charge in [0.15, 0.2) is 0 Å². The molecule has 6 nitrogen and oxygen atoms in total. The van der Waals surface area contributed by atoms with Crippen molar-refractivity contribution >= 4 is 18.4 Å². The van der Waals surface area contributed by atoms with Crippen LogP contribution in [0.4, 0.5) is 9.18 Å². The van der Waals surface area contributed by atoms with Crippen LogP contribution < -0.4 is 10.1 Å². The van der Waals surface area contributed by atoms with E-state index in [1.165, 1.54) is 18.5 Å². The maximum atomic E-state index is 12.8. The summed E-state index contributed by atoms with van der Waals surface area (Å²) in [6, 6.07) is 4.12. The van der Waals surface area contributed by atoms with Gasteiger partial charge in [0.2, 0.25) is 0 Å². The van der Waals surface area contributed by atoms with Gasteiger partial charge in [-0.3, -0.25) is 9.59 Å². The number of ether oxygens (including phenoxy) is 1. The Hall–Kier alpha value is -2.44. The molecule has 0 bridgehead atoms. The van der Waals surface area contributed by atoms with Crippen molar-refractivity contribution in [2.45, 2.75) is 25.3 Å². The number of nitrogens with one attached hydrogen (secondary N) is 1. The van der Waals surface area contributed by atoms with Gasteiger partial charge in [-0.15, -0.1) is 0 Å². The van der Waals surface area contributed by atoms with Crippen LogP contribution in [-0.4, -0.2) is 35.9 Å². The number of hydrogen-bond acceptors (Lipinski definition) is 4. The van der Waals surface area contributed by atoms with Crippen LogP contribution in [0.2, 0.25) is 0 Å². The van der Waals surface area contributed by atoms with E-state index in [0.29, 0.717) is 19.3 Å². The standard InChI is InChI=1S/C14H14FN2O4/c15-10-4-6-11(7-5-10)21-14(20)17-8-2-1-3-12(13(17)19)16-9-18/h4-7,12H,1-3,8H2,(H,16,18)/t12-/m0/s1. The molecule has 0 unspecified atom stereocenters. The Labute approximate surface area is 120 Å². The van der Waals surface area contributed by atoms with Crippen molar-refractivity contribution in [3.63, 3.8) is 0 Å². The molecule has 7 heteroatoms. The SMILES string of the molecule is O=[C]N[C@H]1CCCCN(C(=O)Oc2ccc(F)cc2)C1=O.